The molecule has 0 radical (unpaired) electrons. The first-order chi connectivity index (χ1) is 14.2. The molecule has 0 fully saturated rings. The average molecular weight is 447 g/mol. The molecular weight excluding hydrogens is 424 g/mol. The molecule has 9 heteroatoms. The van der Waals surface area contributed by atoms with Crippen molar-refractivity contribution in [3.8, 4) is 5.75 Å². The van der Waals surface area contributed by atoms with Crippen molar-refractivity contribution in [3.63, 3.8) is 0 Å². The molecule has 0 saturated heterocycles. The van der Waals surface area contributed by atoms with Crippen LogP contribution in [0, 0.1) is 6.92 Å². The van der Waals surface area contributed by atoms with E-state index in [0.29, 0.717) is 17.0 Å². The maximum absolute atomic E-state index is 12.6. The van der Waals surface area contributed by atoms with Gasteiger partial charge in [-0.2, -0.15) is 0 Å². The SMILES string of the molecule is COc1ccccc1NS(=O)(=O)c1ccc(NS(=O)(=O)Cc2cccc(C)c2)cc1. The van der Waals surface area contributed by atoms with Crippen molar-refractivity contribution in [2.24, 2.45) is 0 Å². The van der Waals surface area contributed by atoms with Gasteiger partial charge in [0.1, 0.15) is 5.75 Å². The van der Waals surface area contributed by atoms with Crippen LogP contribution in [0.3, 0.4) is 0 Å². The third-order valence-corrected chi connectivity index (χ3v) is 6.87. The van der Waals surface area contributed by atoms with Crippen molar-refractivity contribution >= 4 is 31.4 Å². The number of rotatable bonds is 8. The fourth-order valence-electron chi connectivity index (χ4n) is 2.87. The molecule has 0 aliphatic carbocycles. The highest BCUT2D eigenvalue weighted by Crippen LogP contribution is 2.26. The summed E-state index contributed by atoms with van der Waals surface area (Å²) >= 11 is 0. The average Bonchev–Trinajstić information content (AvgIpc) is 2.68. The summed E-state index contributed by atoms with van der Waals surface area (Å²) in [4.78, 5) is -0.00459. The third-order valence-electron chi connectivity index (χ3n) is 4.23. The van der Waals surface area contributed by atoms with Crippen LogP contribution in [0.4, 0.5) is 11.4 Å². The Kier molecular flexibility index (Phi) is 6.33. The highest BCUT2D eigenvalue weighted by Gasteiger charge is 2.17. The van der Waals surface area contributed by atoms with Crippen LogP contribution in [0.15, 0.2) is 77.7 Å². The quantitative estimate of drug-likeness (QED) is 0.549. The van der Waals surface area contributed by atoms with Crippen LogP contribution in [0.5, 0.6) is 5.75 Å². The highest BCUT2D eigenvalue weighted by molar-refractivity contribution is 7.92. The second-order valence-electron chi connectivity index (χ2n) is 6.68. The summed E-state index contributed by atoms with van der Waals surface area (Å²) in [6, 6.07) is 19.4. The van der Waals surface area contributed by atoms with E-state index in [1.807, 2.05) is 13.0 Å². The number of para-hydroxylation sites is 2. The zero-order valence-electron chi connectivity index (χ0n) is 16.5. The summed E-state index contributed by atoms with van der Waals surface area (Å²) in [6.07, 6.45) is 0. The number of benzene rings is 3. The third kappa shape index (κ3) is 5.52. The van der Waals surface area contributed by atoms with E-state index in [2.05, 4.69) is 9.44 Å². The summed E-state index contributed by atoms with van der Waals surface area (Å²) < 4.78 is 60.2. The van der Waals surface area contributed by atoms with E-state index in [1.54, 1.807) is 42.5 Å². The Balaban J connectivity index is 1.74. The molecule has 0 bridgehead atoms. The zero-order chi connectivity index (χ0) is 21.8. The number of nitrogens with one attached hydrogen (secondary N) is 2. The number of hydrogen-bond donors (Lipinski definition) is 2. The van der Waals surface area contributed by atoms with Gasteiger partial charge in [-0.05, 0) is 48.9 Å². The molecule has 0 unspecified atom stereocenters. The van der Waals surface area contributed by atoms with Gasteiger partial charge >= 0.3 is 0 Å². The normalized spacial score (nSPS) is 11.7. The van der Waals surface area contributed by atoms with Crippen molar-refractivity contribution in [2.45, 2.75) is 17.6 Å². The Morgan fingerprint density at radius 1 is 0.833 bits per heavy atom. The van der Waals surface area contributed by atoms with Crippen LogP contribution >= 0.6 is 0 Å². The van der Waals surface area contributed by atoms with Gasteiger partial charge in [0.25, 0.3) is 10.0 Å². The van der Waals surface area contributed by atoms with Gasteiger partial charge in [-0.25, -0.2) is 16.8 Å². The van der Waals surface area contributed by atoms with Crippen LogP contribution in [-0.2, 0) is 25.8 Å². The lowest BCUT2D eigenvalue weighted by molar-refractivity contribution is 0.417. The Morgan fingerprint density at radius 2 is 1.53 bits per heavy atom. The minimum absolute atomic E-state index is 0.00459. The van der Waals surface area contributed by atoms with Gasteiger partial charge < -0.3 is 4.74 Å². The molecule has 7 nitrogen and oxygen atoms in total. The van der Waals surface area contributed by atoms with Crippen molar-refractivity contribution < 1.29 is 21.6 Å². The molecule has 0 heterocycles. The van der Waals surface area contributed by atoms with E-state index >= 15 is 0 Å². The van der Waals surface area contributed by atoms with E-state index < -0.39 is 20.0 Å². The molecule has 0 aliphatic rings. The predicted octanol–water partition coefficient (Wildman–Crippen LogP) is 3.75. The molecule has 3 rings (SSSR count). The molecule has 0 atom stereocenters. The van der Waals surface area contributed by atoms with Crippen LogP contribution < -0.4 is 14.2 Å². The van der Waals surface area contributed by atoms with Crippen molar-refractivity contribution in [3.05, 3.63) is 83.9 Å². The summed E-state index contributed by atoms with van der Waals surface area (Å²) in [6.45, 7) is 1.89. The van der Waals surface area contributed by atoms with Crippen LogP contribution in [0.25, 0.3) is 0 Å². The molecule has 30 heavy (non-hydrogen) atoms. The molecule has 3 aromatic carbocycles. The maximum Gasteiger partial charge on any atom is 0.262 e. The first-order valence-corrected chi connectivity index (χ1v) is 12.1. The Morgan fingerprint density at radius 3 is 2.20 bits per heavy atom. The molecule has 0 aliphatic heterocycles. The number of ether oxygens (including phenoxy) is 1. The van der Waals surface area contributed by atoms with Gasteiger partial charge in [-0.3, -0.25) is 9.44 Å². The highest BCUT2D eigenvalue weighted by atomic mass is 32.2. The molecule has 158 valence electrons. The second-order valence-corrected chi connectivity index (χ2v) is 10.1. The molecule has 0 amide bonds. The topological polar surface area (TPSA) is 102 Å². The minimum Gasteiger partial charge on any atom is -0.495 e. The number of anilines is 2. The summed E-state index contributed by atoms with van der Waals surface area (Å²) in [5, 5.41) is 0. The van der Waals surface area contributed by atoms with Crippen LogP contribution in [0.2, 0.25) is 0 Å². The Bertz CT molecular complexity index is 1240. The van der Waals surface area contributed by atoms with Gasteiger partial charge in [0.05, 0.1) is 23.4 Å². The lowest BCUT2D eigenvalue weighted by Gasteiger charge is -2.12. The molecular formula is C21H22N2O5S2. The van der Waals surface area contributed by atoms with E-state index in [-0.39, 0.29) is 16.3 Å². The lowest BCUT2D eigenvalue weighted by atomic mass is 10.2. The number of methoxy groups -OCH3 is 1. The van der Waals surface area contributed by atoms with Gasteiger partial charge in [0, 0.05) is 5.69 Å². The number of sulfonamides is 2. The molecule has 0 aromatic heterocycles. The molecule has 2 N–H and O–H groups in total. The second kappa shape index (κ2) is 8.76. The van der Waals surface area contributed by atoms with Crippen LogP contribution in [-0.4, -0.2) is 23.9 Å². The van der Waals surface area contributed by atoms with Gasteiger partial charge in [0.15, 0.2) is 0 Å². The predicted molar refractivity (Wildman–Crippen MR) is 118 cm³/mol. The van der Waals surface area contributed by atoms with E-state index in [1.165, 1.54) is 31.4 Å². The standard InChI is InChI=1S/C21H22N2O5S2/c1-16-6-5-7-17(14-16)15-29(24,25)22-18-10-12-19(13-11-18)30(26,27)23-20-8-3-4-9-21(20)28-2/h3-14,22-23H,15H2,1-2H3. The Hall–Kier alpha value is -3.04. The van der Waals surface area contributed by atoms with E-state index in [0.717, 1.165) is 5.56 Å². The van der Waals surface area contributed by atoms with Crippen molar-refractivity contribution in [2.75, 3.05) is 16.6 Å². The van der Waals surface area contributed by atoms with Gasteiger partial charge in [-0.1, -0.05) is 42.0 Å². The van der Waals surface area contributed by atoms with Crippen molar-refractivity contribution in [1.29, 1.82) is 0 Å². The van der Waals surface area contributed by atoms with Gasteiger partial charge in [-0.15, -0.1) is 0 Å². The summed E-state index contributed by atoms with van der Waals surface area (Å²) in [7, 11) is -6.06. The molecule has 0 spiro atoms. The summed E-state index contributed by atoms with van der Waals surface area (Å²) in [5.41, 5.74) is 2.23. The number of aryl methyl sites for hydroxylation is 1. The van der Waals surface area contributed by atoms with E-state index in [4.69, 9.17) is 4.74 Å². The molecule has 3 aromatic rings. The monoisotopic (exact) mass is 446 g/mol. The van der Waals surface area contributed by atoms with E-state index in [9.17, 15) is 16.8 Å². The minimum atomic E-state index is -3.87. The smallest absolute Gasteiger partial charge is 0.262 e. The fraction of sp³-hybridized carbons (Fsp3) is 0.143. The lowest BCUT2D eigenvalue weighted by Crippen LogP contribution is -2.16. The zero-order valence-corrected chi connectivity index (χ0v) is 18.1. The van der Waals surface area contributed by atoms with Gasteiger partial charge in [0.2, 0.25) is 10.0 Å². The maximum atomic E-state index is 12.6. The number of hydrogen-bond acceptors (Lipinski definition) is 5. The molecule has 0 saturated carbocycles. The largest absolute Gasteiger partial charge is 0.495 e. The fourth-order valence-corrected chi connectivity index (χ4v) is 5.13. The first-order valence-electron chi connectivity index (χ1n) is 9.00. The summed E-state index contributed by atoms with van der Waals surface area (Å²) in [5.74, 6) is 0.214. The Labute approximate surface area is 176 Å². The van der Waals surface area contributed by atoms with Crippen LogP contribution in [0.1, 0.15) is 11.1 Å². The van der Waals surface area contributed by atoms with Crippen molar-refractivity contribution in [1.82, 2.24) is 0 Å². The first kappa shape index (κ1) is 21.7.